The number of hydrogen-bond acceptors (Lipinski definition) is 4. The molecule has 6 aromatic carbocycles. The average Bonchev–Trinajstić information content (AvgIpc) is 4.01. The van der Waals surface area contributed by atoms with Crippen LogP contribution in [0.25, 0.3) is 0 Å². The number of rotatable bonds is 12. The molecule has 0 aliphatic heterocycles. The Morgan fingerprint density at radius 3 is 0.818 bits per heavy atom. The molecule has 0 unspecified atom stereocenters. The van der Waals surface area contributed by atoms with E-state index in [1.807, 2.05) is 218 Å². The molecule has 0 fully saturated rings. The van der Waals surface area contributed by atoms with Crippen LogP contribution in [0.2, 0.25) is 0 Å². The Labute approximate surface area is 327 Å². The summed E-state index contributed by atoms with van der Waals surface area (Å²) in [6, 6.07) is 58.6. The van der Waals surface area contributed by atoms with Gasteiger partial charge in [0.2, 0.25) is 0 Å². The van der Waals surface area contributed by atoms with Gasteiger partial charge < -0.3 is 0 Å². The van der Waals surface area contributed by atoms with E-state index in [2.05, 4.69) is 0 Å². The third-order valence-corrected chi connectivity index (χ3v) is 16.0. The molecule has 0 aromatic heterocycles. The van der Waals surface area contributed by atoms with Crippen LogP contribution in [-0.4, -0.2) is 11.9 Å². The van der Waals surface area contributed by atoms with Crippen molar-refractivity contribution < 1.29 is 33.6 Å². The first-order chi connectivity index (χ1) is 27.1. The number of carbonyl (C=O) groups is 2. The molecule has 0 N–H and O–H groups in total. The van der Waals surface area contributed by atoms with Crippen molar-refractivity contribution in [2.75, 3.05) is 0 Å². The number of hydrogen-bond donors (Lipinski definition) is 0. The van der Waals surface area contributed by atoms with Crippen molar-refractivity contribution in [3.8, 4) is 0 Å². The maximum atomic E-state index is 16.0. The summed E-state index contributed by atoms with van der Waals surface area (Å²) in [4.78, 5) is 31.9. The van der Waals surface area contributed by atoms with E-state index in [1.54, 1.807) is 0 Å². The molecule has 0 amide bonds. The monoisotopic (exact) mass is 752 g/mol. The Balaban J connectivity index is 1.37. The molecule has 0 heterocycles. The summed E-state index contributed by atoms with van der Waals surface area (Å²) in [5, 5.41) is 0. The zero-order chi connectivity index (χ0) is 37.6. The van der Waals surface area contributed by atoms with E-state index in [0.717, 1.165) is 41.1 Å². The second-order valence-electron chi connectivity index (χ2n) is 13.7. The summed E-state index contributed by atoms with van der Waals surface area (Å²) in [6.45, 7) is 0. The van der Waals surface area contributed by atoms with Gasteiger partial charge in [0, 0.05) is 0 Å². The quantitative estimate of drug-likeness (QED) is 0.0923. The second kappa shape index (κ2) is 15.7. The molecule has 4 nitrogen and oxygen atoms in total. The third-order valence-electron chi connectivity index (χ3n) is 10.7. The van der Waals surface area contributed by atoms with Gasteiger partial charge in [-0.25, -0.2) is 0 Å². The van der Waals surface area contributed by atoms with Crippen LogP contribution in [0.15, 0.2) is 226 Å². The summed E-state index contributed by atoms with van der Waals surface area (Å²) in [6.07, 6.45) is 13.0. The molecule has 0 spiro atoms. The van der Waals surface area contributed by atoms with Crippen LogP contribution in [0.3, 0.4) is 0 Å². The van der Waals surface area contributed by atoms with Gasteiger partial charge in [-0.2, -0.15) is 0 Å². The molecule has 0 saturated carbocycles. The minimum atomic E-state index is -4.97. The van der Waals surface area contributed by atoms with Gasteiger partial charge in [-0.1, -0.05) is 0 Å². The van der Waals surface area contributed by atoms with E-state index in [4.69, 9.17) is 6.64 Å². The molecule has 0 radical (unpaired) electrons. The van der Waals surface area contributed by atoms with E-state index >= 15 is 9.59 Å². The molecule has 2 aliphatic carbocycles. The Bertz CT molecular complexity index is 2020. The van der Waals surface area contributed by atoms with E-state index in [9.17, 15) is 0 Å². The van der Waals surface area contributed by atoms with E-state index in [-0.39, 0.29) is 0 Å². The fraction of sp³-hybridized carbons (Fsp3) is 0.0800. The van der Waals surface area contributed by atoms with Crippen molar-refractivity contribution in [1.82, 2.24) is 0 Å². The summed E-state index contributed by atoms with van der Waals surface area (Å²) in [5.41, 5.74) is 1.75. The van der Waals surface area contributed by atoms with Crippen LogP contribution in [0, 0.1) is 0 Å². The van der Waals surface area contributed by atoms with E-state index in [1.165, 1.54) is 0 Å². The summed E-state index contributed by atoms with van der Waals surface area (Å²) >= 11 is -4.97. The van der Waals surface area contributed by atoms with Crippen molar-refractivity contribution in [2.24, 2.45) is 0 Å². The first-order valence-electron chi connectivity index (χ1n) is 18.6. The van der Waals surface area contributed by atoms with Crippen LogP contribution in [-0.2, 0) is 44.4 Å². The molecule has 5 heteroatoms. The van der Waals surface area contributed by atoms with Crippen molar-refractivity contribution in [2.45, 2.75) is 23.7 Å². The normalized spacial score (nSPS) is 13.9. The molecule has 0 saturated heterocycles. The second-order valence-corrected chi connectivity index (χ2v) is 18.3. The van der Waals surface area contributed by atoms with Crippen molar-refractivity contribution in [3.63, 3.8) is 0 Å². The van der Waals surface area contributed by atoms with Crippen molar-refractivity contribution in [3.05, 3.63) is 260 Å². The van der Waals surface area contributed by atoms with Gasteiger partial charge in [-0.05, 0) is 0 Å². The van der Waals surface area contributed by atoms with Gasteiger partial charge in [0.1, 0.15) is 0 Å². The van der Waals surface area contributed by atoms with Gasteiger partial charge in [-0.3, -0.25) is 0 Å². The molecule has 268 valence electrons. The third kappa shape index (κ3) is 6.38. The Kier molecular flexibility index (Phi) is 10.3. The Morgan fingerprint density at radius 2 is 0.618 bits per heavy atom. The number of benzene rings is 6. The average molecular weight is 753 g/mol. The number of carbonyl (C=O) groups excluding carboxylic acids is 2. The van der Waals surface area contributed by atoms with Gasteiger partial charge in [-0.15, -0.1) is 0 Å². The fourth-order valence-electron chi connectivity index (χ4n) is 8.12. The van der Waals surface area contributed by atoms with Crippen molar-refractivity contribution in [1.29, 1.82) is 0 Å². The van der Waals surface area contributed by atoms with Crippen LogP contribution >= 0.6 is 0 Å². The van der Waals surface area contributed by atoms with Gasteiger partial charge in [0.25, 0.3) is 0 Å². The molecular formula is C50H40O4Ti. The molecule has 0 bridgehead atoms. The predicted octanol–water partition coefficient (Wildman–Crippen LogP) is 10.8. The fourth-order valence-corrected chi connectivity index (χ4v) is 13.1. The number of allylic oxidation sites excluding steroid dienone is 8. The van der Waals surface area contributed by atoms with Gasteiger partial charge >= 0.3 is 329 Å². The topological polar surface area (TPSA) is 52.6 Å². The minimum absolute atomic E-state index is 0.491. The van der Waals surface area contributed by atoms with Crippen molar-refractivity contribution >= 4 is 11.9 Å². The summed E-state index contributed by atoms with van der Waals surface area (Å²) < 4.78 is 16.3. The first kappa shape index (κ1) is 35.9. The van der Waals surface area contributed by atoms with Gasteiger partial charge in [0.05, 0.1) is 0 Å². The first-order valence-corrected chi connectivity index (χ1v) is 21.5. The van der Waals surface area contributed by atoms with E-state index < -0.39 is 40.1 Å². The summed E-state index contributed by atoms with van der Waals surface area (Å²) in [7, 11) is 0. The molecule has 8 rings (SSSR count). The Hall–Kier alpha value is -6.07. The molecule has 6 aromatic rings. The van der Waals surface area contributed by atoms with Crippen LogP contribution in [0.1, 0.15) is 46.2 Å². The van der Waals surface area contributed by atoms with Crippen LogP contribution in [0.5, 0.6) is 0 Å². The van der Waals surface area contributed by atoms with Gasteiger partial charge in [0.15, 0.2) is 0 Å². The van der Waals surface area contributed by atoms with Crippen LogP contribution in [0.4, 0.5) is 0 Å². The maximum absolute atomic E-state index is 16.0. The standard InChI is InChI=1S/2C20H16O2.2C5H5.Ti/c2*21-19(22)20(16-10-4-1-5-11-16,17-12-6-2-7-13-17)18-14-8-3-9-15-18;2*1-2-4-5-3-1;/h2*1-15H,(H,21,22);2*1-3H,4H2;/q;;;;+2/p-2. The Morgan fingerprint density at radius 1 is 0.382 bits per heavy atom. The zero-order valence-corrected chi connectivity index (χ0v) is 31.9. The molecule has 0 atom stereocenters. The summed E-state index contributed by atoms with van der Waals surface area (Å²) in [5.74, 6) is -0.983. The molecule has 2 aliphatic rings. The molecular weight excluding hydrogens is 712 g/mol. The van der Waals surface area contributed by atoms with E-state index in [0.29, 0.717) is 12.8 Å². The SMILES string of the molecule is O=C([O][Ti]([O]C(=O)C(c1ccccc1)(c1ccccc1)c1ccccc1)([C]1=CC=CC1)[C]1=CC=CC1)C(c1ccccc1)(c1ccccc1)c1ccccc1. The predicted molar refractivity (Wildman–Crippen MR) is 214 cm³/mol. The zero-order valence-electron chi connectivity index (χ0n) is 30.3. The van der Waals surface area contributed by atoms with Crippen LogP contribution < -0.4 is 0 Å². The molecule has 55 heavy (non-hydrogen) atoms.